The van der Waals surface area contributed by atoms with Crippen molar-refractivity contribution in [1.82, 2.24) is 4.90 Å². The van der Waals surface area contributed by atoms with Gasteiger partial charge in [-0.25, -0.2) is 0 Å². The molecule has 0 aromatic heterocycles. The molecule has 1 aromatic rings. The van der Waals surface area contributed by atoms with Crippen molar-refractivity contribution < 1.29 is 47.8 Å². The number of hydrogen-bond acceptors (Lipinski definition) is 10. The number of aliphatic hydroxyl groups is 1. The van der Waals surface area contributed by atoms with Gasteiger partial charge in [0.05, 0.1) is 33.0 Å². The molecule has 0 bridgehead atoms. The van der Waals surface area contributed by atoms with Crippen molar-refractivity contribution >= 4 is 5.91 Å². The van der Waals surface area contributed by atoms with Gasteiger partial charge in [-0.15, -0.1) is 0 Å². The highest BCUT2D eigenvalue weighted by atomic mass is 16.7. The first-order valence-corrected chi connectivity index (χ1v) is 12.5. The van der Waals surface area contributed by atoms with Crippen LogP contribution in [-0.2, 0) is 33.2 Å². The number of likely N-dealkylation sites (N-methyl/N-ethyl adjacent to an activating group) is 1. The summed E-state index contributed by atoms with van der Waals surface area (Å²) in [5.41, 5.74) is 0.952. The topological polar surface area (TPSA) is 114 Å². The van der Waals surface area contributed by atoms with Gasteiger partial charge in [-0.1, -0.05) is 6.07 Å². The number of fused-ring (bicyclic) bond motifs is 1. The molecule has 0 radical (unpaired) electrons. The molecule has 37 heavy (non-hydrogen) atoms. The summed E-state index contributed by atoms with van der Waals surface area (Å²) < 4.78 is 44.7. The zero-order valence-corrected chi connectivity index (χ0v) is 22.1. The first kappa shape index (κ1) is 29.2. The lowest BCUT2D eigenvalue weighted by Gasteiger charge is -2.38. The van der Waals surface area contributed by atoms with E-state index in [1.54, 1.807) is 7.05 Å². The Kier molecular flexibility index (Phi) is 11.9. The molecule has 3 atom stereocenters. The van der Waals surface area contributed by atoms with E-state index in [0.717, 1.165) is 5.56 Å². The maximum absolute atomic E-state index is 13.3. The molecule has 1 amide bonds. The van der Waals surface area contributed by atoms with Crippen molar-refractivity contribution in [1.29, 1.82) is 0 Å². The fourth-order valence-corrected chi connectivity index (χ4v) is 4.28. The molecule has 208 valence electrons. The van der Waals surface area contributed by atoms with Crippen LogP contribution < -0.4 is 9.47 Å². The number of carbonyl (C=O) groups is 1. The smallest absolute Gasteiger partial charge is 0.288 e. The average Bonchev–Trinajstić information content (AvgIpc) is 3.39. The van der Waals surface area contributed by atoms with E-state index >= 15 is 0 Å². The second kappa shape index (κ2) is 15.1. The summed E-state index contributed by atoms with van der Waals surface area (Å²) in [6, 6.07) is 5.78. The lowest BCUT2D eigenvalue weighted by Crippen LogP contribution is -2.42. The number of allylic oxidation sites excluding steroid dienone is 1. The second-order valence-electron chi connectivity index (χ2n) is 8.60. The highest BCUT2D eigenvalue weighted by Gasteiger charge is 2.39. The van der Waals surface area contributed by atoms with Crippen LogP contribution in [-0.4, -0.2) is 103 Å². The summed E-state index contributed by atoms with van der Waals surface area (Å²) in [5, 5.41) is 8.82. The largest absolute Gasteiger partial charge is 0.459 e. The predicted molar refractivity (Wildman–Crippen MR) is 132 cm³/mol. The Bertz CT molecular complexity index is 875. The van der Waals surface area contributed by atoms with Crippen molar-refractivity contribution in [3.63, 3.8) is 0 Å². The van der Waals surface area contributed by atoms with Crippen molar-refractivity contribution in [2.45, 2.75) is 31.8 Å². The number of aliphatic hydroxyl groups excluding tert-OH is 1. The molecule has 0 aliphatic carbocycles. The zero-order valence-electron chi connectivity index (χ0n) is 22.1. The molecule has 0 saturated carbocycles. The number of amides is 1. The van der Waals surface area contributed by atoms with Crippen LogP contribution in [0.3, 0.4) is 0 Å². The Morgan fingerprint density at radius 2 is 1.84 bits per heavy atom. The maximum Gasteiger partial charge on any atom is 0.288 e. The van der Waals surface area contributed by atoms with Gasteiger partial charge in [0.2, 0.25) is 13.1 Å². The van der Waals surface area contributed by atoms with Gasteiger partial charge < -0.3 is 47.9 Å². The average molecular weight is 526 g/mol. The molecule has 11 nitrogen and oxygen atoms in total. The fraction of sp³-hybridized carbons (Fsp3) is 0.654. The van der Waals surface area contributed by atoms with Gasteiger partial charge >= 0.3 is 0 Å². The summed E-state index contributed by atoms with van der Waals surface area (Å²) in [7, 11) is 4.71. The van der Waals surface area contributed by atoms with E-state index in [4.69, 9.17) is 43.0 Å². The van der Waals surface area contributed by atoms with E-state index in [9.17, 15) is 4.79 Å². The Hall–Kier alpha value is -2.41. The number of nitrogens with zero attached hydrogens (tertiary/aromatic N) is 1. The Balaban J connectivity index is 1.82. The molecule has 1 N–H and O–H groups in total. The molecule has 1 aromatic carbocycles. The quantitative estimate of drug-likeness (QED) is 0.253. The third kappa shape index (κ3) is 8.03. The third-order valence-electron chi connectivity index (χ3n) is 6.21. The van der Waals surface area contributed by atoms with Crippen molar-refractivity contribution in [2.24, 2.45) is 5.92 Å². The van der Waals surface area contributed by atoms with Crippen LogP contribution in [0.25, 0.3) is 0 Å². The Morgan fingerprint density at radius 3 is 2.54 bits per heavy atom. The summed E-state index contributed by atoms with van der Waals surface area (Å²) in [4.78, 5) is 14.8. The number of hydrogen-bond donors (Lipinski definition) is 1. The van der Waals surface area contributed by atoms with Crippen molar-refractivity contribution in [3.05, 3.63) is 35.6 Å². The second-order valence-corrected chi connectivity index (χ2v) is 8.60. The van der Waals surface area contributed by atoms with Gasteiger partial charge in [0, 0.05) is 46.3 Å². The molecule has 0 saturated heterocycles. The fourth-order valence-electron chi connectivity index (χ4n) is 4.28. The van der Waals surface area contributed by atoms with Gasteiger partial charge in [0.25, 0.3) is 5.91 Å². The van der Waals surface area contributed by atoms with Crippen LogP contribution in [0.1, 0.15) is 24.8 Å². The number of carbonyl (C=O) groups excluding carboxylic acids is 1. The highest BCUT2D eigenvalue weighted by molar-refractivity contribution is 5.91. The van der Waals surface area contributed by atoms with Gasteiger partial charge in [-0.3, -0.25) is 4.79 Å². The highest BCUT2D eigenvalue weighted by Crippen LogP contribution is 2.42. The number of benzene rings is 1. The monoisotopic (exact) mass is 525 g/mol. The Labute approximate surface area is 218 Å². The lowest BCUT2D eigenvalue weighted by atomic mass is 9.81. The predicted octanol–water partition coefficient (Wildman–Crippen LogP) is 1.88. The van der Waals surface area contributed by atoms with E-state index in [1.165, 1.54) is 19.1 Å². The number of ether oxygens (including phenoxy) is 8. The summed E-state index contributed by atoms with van der Waals surface area (Å²) in [6.07, 6.45) is 1.24. The van der Waals surface area contributed by atoms with Crippen LogP contribution in [0.15, 0.2) is 30.0 Å². The van der Waals surface area contributed by atoms with Gasteiger partial charge in [0.15, 0.2) is 23.5 Å². The summed E-state index contributed by atoms with van der Waals surface area (Å²) in [6.45, 7) is 4.22. The molecule has 2 aliphatic heterocycles. The molecule has 2 heterocycles. The van der Waals surface area contributed by atoms with Crippen LogP contribution >= 0.6 is 0 Å². The molecule has 2 aliphatic rings. The van der Waals surface area contributed by atoms with Crippen LogP contribution in [0.4, 0.5) is 0 Å². The summed E-state index contributed by atoms with van der Waals surface area (Å²) in [5.74, 6) is 0.905. The maximum atomic E-state index is 13.3. The van der Waals surface area contributed by atoms with Gasteiger partial charge in [0.1, 0.15) is 0 Å². The molecule has 3 rings (SSSR count). The first-order valence-electron chi connectivity index (χ1n) is 12.5. The van der Waals surface area contributed by atoms with Gasteiger partial charge in [-0.2, -0.15) is 0 Å². The molecule has 11 heteroatoms. The van der Waals surface area contributed by atoms with E-state index in [-0.39, 0.29) is 50.1 Å². The number of rotatable bonds is 16. The zero-order chi connectivity index (χ0) is 26.6. The van der Waals surface area contributed by atoms with E-state index in [2.05, 4.69) is 0 Å². The van der Waals surface area contributed by atoms with Crippen LogP contribution in [0, 0.1) is 5.92 Å². The first-order chi connectivity index (χ1) is 18.0. The Morgan fingerprint density at radius 1 is 1.11 bits per heavy atom. The van der Waals surface area contributed by atoms with E-state index in [1.807, 2.05) is 31.2 Å². The van der Waals surface area contributed by atoms with Crippen LogP contribution in [0.2, 0.25) is 0 Å². The minimum atomic E-state index is -0.660. The van der Waals surface area contributed by atoms with Gasteiger partial charge in [-0.05, 0) is 37.1 Å². The lowest BCUT2D eigenvalue weighted by molar-refractivity contribution is -0.174. The van der Waals surface area contributed by atoms with E-state index < -0.39 is 12.6 Å². The minimum Gasteiger partial charge on any atom is -0.459 e. The SMILES string of the molecule is CCOC1OC(C(=O)N(C)CC(OC)OC)=CC(c2ccc3c(c2)OCO3)C1CCOCCOCCO. The molecular weight excluding hydrogens is 486 g/mol. The summed E-state index contributed by atoms with van der Waals surface area (Å²) >= 11 is 0. The van der Waals surface area contributed by atoms with Crippen molar-refractivity contribution in [2.75, 3.05) is 74.2 Å². The number of methoxy groups -OCH3 is 2. The van der Waals surface area contributed by atoms with Crippen molar-refractivity contribution in [3.8, 4) is 11.5 Å². The molecule has 0 fully saturated rings. The normalized spacial score (nSPS) is 20.6. The molecule has 3 unspecified atom stereocenters. The van der Waals surface area contributed by atoms with E-state index in [0.29, 0.717) is 44.3 Å². The minimum absolute atomic E-state index is 0.0210. The molecular formula is C26H39NO10. The third-order valence-corrected chi connectivity index (χ3v) is 6.21. The molecule has 0 spiro atoms. The standard InChI is InChI=1S/C26H39NO10/c1-5-34-26-19(8-10-32-12-13-33-11-9-28)20(18-6-7-21-22(14-18)36-17-35-21)15-23(37-26)25(29)27(2)16-24(30-3)31-4/h6-7,14-15,19-20,24,26,28H,5,8-13,16-17H2,1-4H3. The van der Waals surface area contributed by atoms with Crippen LogP contribution in [0.5, 0.6) is 11.5 Å².